The van der Waals surface area contributed by atoms with Gasteiger partial charge < -0.3 is 0 Å². The van der Waals surface area contributed by atoms with Gasteiger partial charge in [-0.2, -0.15) is 8.42 Å². The van der Waals surface area contributed by atoms with Gasteiger partial charge in [0.1, 0.15) is 5.25 Å². The van der Waals surface area contributed by atoms with E-state index < -0.39 is 15.4 Å². The first-order chi connectivity index (χ1) is 5.55. The van der Waals surface area contributed by atoms with Gasteiger partial charge in [-0.25, -0.2) is 0 Å². The topological polar surface area (TPSA) is 54.4 Å². The average molecular weight is 186 g/mol. The molecule has 0 fully saturated rings. The van der Waals surface area contributed by atoms with Gasteiger partial charge in [-0.05, 0) is 12.5 Å². The molecule has 0 heterocycles. The minimum absolute atomic E-state index is 0.597. The molecule has 3 nitrogen and oxygen atoms in total. The van der Waals surface area contributed by atoms with Crippen LogP contribution in [-0.4, -0.2) is 18.2 Å². The van der Waals surface area contributed by atoms with Gasteiger partial charge in [0, 0.05) is 0 Å². The van der Waals surface area contributed by atoms with Gasteiger partial charge in [-0.3, -0.25) is 4.55 Å². The summed E-state index contributed by atoms with van der Waals surface area (Å²) >= 11 is 0. The maximum atomic E-state index is 10.8. The van der Waals surface area contributed by atoms with Gasteiger partial charge in [0.2, 0.25) is 0 Å². The van der Waals surface area contributed by atoms with Crippen molar-refractivity contribution in [2.75, 3.05) is 0 Å². The first-order valence-corrected chi connectivity index (χ1v) is 5.03. The molecule has 0 spiro atoms. The van der Waals surface area contributed by atoms with Gasteiger partial charge in [-0.15, -0.1) is 0 Å². The molecular weight excluding hydrogens is 176 g/mol. The van der Waals surface area contributed by atoms with E-state index in [9.17, 15) is 8.42 Å². The van der Waals surface area contributed by atoms with Crippen LogP contribution < -0.4 is 0 Å². The van der Waals surface area contributed by atoms with Crippen LogP contribution in [0, 0.1) is 0 Å². The van der Waals surface area contributed by atoms with Crippen molar-refractivity contribution in [1.82, 2.24) is 0 Å². The standard InChI is InChI=1S/C8H10O3S/c1-2-7-5-3-4-6-8(7)12(9,10)11/h2-6,8H,1H3,(H,9,10,11). The highest BCUT2D eigenvalue weighted by Crippen LogP contribution is 2.17. The first kappa shape index (κ1) is 9.22. The highest BCUT2D eigenvalue weighted by Gasteiger charge is 2.23. The first-order valence-electron chi connectivity index (χ1n) is 3.53. The predicted octanol–water partition coefficient (Wildman–Crippen LogP) is 1.32. The quantitative estimate of drug-likeness (QED) is 0.628. The van der Waals surface area contributed by atoms with Gasteiger partial charge in [0.15, 0.2) is 0 Å². The van der Waals surface area contributed by atoms with Crippen LogP contribution in [0.15, 0.2) is 36.0 Å². The molecule has 0 aliphatic heterocycles. The Morgan fingerprint density at radius 3 is 2.58 bits per heavy atom. The van der Waals surface area contributed by atoms with Crippen molar-refractivity contribution in [3.05, 3.63) is 36.0 Å². The Morgan fingerprint density at radius 2 is 2.17 bits per heavy atom. The van der Waals surface area contributed by atoms with Crippen LogP contribution in [0.3, 0.4) is 0 Å². The lowest BCUT2D eigenvalue weighted by atomic mass is 10.1. The lowest BCUT2D eigenvalue weighted by molar-refractivity contribution is 0.479. The summed E-state index contributed by atoms with van der Waals surface area (Å²) in [5, 5.41) is -0.896. The molecular formula is C8H10O3S. The number of rotatable bonds is 1. The summed E-state index contributed by atoms with van der Waals surface area (Å²) in [5.74, 6) is 0. The minimum atomic E-state index is -3.99. The van der Waals surface area contributed by atoms with Crippen LogP contribution >= 0.6 is 0 Å². The van der Waals surface area contributed by atoms with E-state index in [-0.39, 0.29) is 0 Å². The second-order valence-corrected chi connectivity index (χ2v) is 4.01. The molecule has 12 heavy (non-hydrogen) atoms. The zero-order chi connectivity index (χ0) is 9.19. The Hall–Kier alpha value is -0.870. The van der Waals surface area contributed by atoms with E-state index in [4.69, 9.17) is 4.55 Å². The normalized spacial score (nSPS) is 26.5. The summed E-state index contributed by atoms with van der Waals surface area (Å²) in [6, 6.07) is 0. The molecule has 1 rings (SSSR count). The van der Waals surface area contributed by atoms with E-state index in [0.29, 0.717) is 5.57 Å². The van der Waals surface area contributed by atoms with Crippen molar-refractivity contribution >= 4 is 10.1 Å². The average Bonchev–Trinajstić information content (AvgIpc) is 2.03. The second kappa shape index (κ2) is 3.25. The molecule has 0 bridgehead atoms. The maximum Gasteiger partial charge on any atom is 0.275 e. The Balaban J connectivity index is 3.08. The van der Waals surface area contributed by atoms with Crippen LogP contribution in [0.1, 0.15) is 6.92 Å². The summed E-state index contributed by atoms with van der Waals surface area (Å²) in [6.07, 6.45) is 8.12. The highest BCUT2D eigenvalue weighted by atomic mass is 32.2. The number of hydrogen-bond donors (Lipinski definition) is 1. The van der Waals surface area contributed by atoms with E-state index in [1.165, 1.54) is 6.08 Å². The Labute approximate surface area is 71.8 Å². The molecule has 1 unspecified atom stereocenters. The van der Waals surface area contributed by atoms with Crippen LogP contribution in [0.4, 0.5) is 0 Å². The molecule has 0 aromatic heterocycles. The third-order valence-corrected chi connectivity index (χ3v) is 2.74. The van der Waals surface area contributed by atoms with E-state index in [1.54, 1.807) is 31.2 Å². The molecule has 66 valence electrons. The van der Waals surface area contributed by atoms with E-state index in [0.717, 1.165) is 0 Å². The Morgan fingerprint density at radius 1 is 1.50 bits per heavy atom. The lowest BCUT2D eigenvalue weighted by Crippen LogP contribution is -2.20. The van der Waals surface area contributed by atoms with Crippen LogP contribution in [0.2, 0.25) is 0 Å². The molecule has 1 atom stereocenters. The highest BCUT2D eigenvalue weighted by molar-refractivity contribution is 7.86. The van der Waals surface area contributed by atoms with E-state index in [2.05, 4.69) is 0 Å². The minimum Gasteiger partial charge on any atom is -0.285 e. The van der Waals surface area contributed by atoms with Crippen molar-refractivity contribution in [3.8, 4) is 0 Å². The molecule has 0 radical (unpaired) electrons. The molecule has 1 aliphatic carbocycles. The fourth-order valence-corrected chi connectivity index (χ4v) is 1.92. The van der Waals surface area contributed by atoms with Gasteiger partial charge in [0.05, 0.1) is 0 Å². The molecule has 1 aliphatic rings. The zero-order valence-corrected chi connectivity index (χ0v) is 7.45. The summed E-state index contributed by atoms with van der Waals surface area (Å²) in [5.41, 5.74) is 0.597. The third kappa shape index (κ3) is 1.84. The SMILES string of the molecule is CC=C1C=CC=CC1S(=O)(=O)O. The fraction of sp³-hybridized carbons (Fsp3) is 0.250. The zero-order valence-electron chi connectivity index (χ0n) is 6.64. The fourth-order valence-electron chi connectivity index (χ4n) is 1.07. The maximum absolute atomic E-state index is 10.8. The monoisotopic (exact) mass is 186 g/mol. The van der Waals surface area contributed by atoms with Gasteiger partial charge in [-0.1, -0.05) is 30.4 Å². The predicted molar refractivity (Wildman–Crippen MR) is 47.4 cm³/mol. The van der Waals surface area contributed by atoms with Crippen LogP contribution in [-0.2, 0) is 10.1 Å². The van der Waals surface area contributed by atoms with Crippen molar-refractivity contribution in [3.63, 3.8) is 0 Å². The summed E-state index contributed by atoms with van der Waals surface area (Å²) < 4.78 is 30.4. The Kier molecular flexibility index (Phi) is 2.49. The number of allylic oxidation sites excluding steroid dienone is 4. The summed E-state index contributed by atoms with van der Waals surface area (Å²) in [4.78, 5) is 0. The van der Waals surface area contributed by atoms with Gasteiger partial charge >= 0.3 is 0 Å². The number of hydrogen-bond acceptors (Lipinski definition) is 2. The van der Waals surface area contributed by atoms with Crippen molar-refractivity contribution in [1.29, 1.82) is 0 Å². The third-order valence-electron chi connectivity index (χ3n) is 1.67. The van der Waals surface area contributed by atoms with Crippen molar-refractivity contribution in [2.24, 2.45) is 0 Å². The van der Waals surface area contributed by atoms with E-state index >= 15 is 0 Å². The smallest absolute Gasteiger partial charge is 0.275 e. The van der Waals surface area contributed by atoms with Gasteiger partial charge in [0.25, 0.3) is 10.1 Å². The molecule has 1 N–H and O–H groups in total. The molecule has 0 aromatic rings. The lowest BCUT2D eigenvalue weighted by Gasteiger charge is -2.12. The Bertz CT molecular complexity index is 346. The molecule has 0 saturated heterocycles. The molecule has 4 heteroatoms. The van der Waals surface area contributed by atoms with Crippen molar-refractivity contribution in [2.45, 2.75) is 12.2 Å². The van der Waals surface area contributed by atoms with E-state index in [1.807, 2.05) is 0 Å². The largest absolute Gasteiger partial charge is 0.285 e. The molecule has 0 aromatic carbocycles. The second-order valence-electron chi connectivity index (χ2n) is 2.47. The molecule has 0 saturated carbocycles. The molecule has 0 amide bonds. The van der Waals surface area contributed by atoms with Crippen molar-refractivity contribution < 1.29 is 13.0 Å². The van der Waals surface area contributed by atoms with Crippen LogP contribution in [0.5, 0.6) is 0 Å². The summed E-state index contributed by atoms with van der Waals surface area (Å²) in [6.45, 7) is 1.73. The summed E-state index contributed by atoms with van der Waals surface area (Å²) in [7, 11) is -3.99. The van der Waals surface area contributed by atoms with Crippen LogP contribution in [0.25, 0.3) is 0 Å².